The first-order chi connectivity index (χ1) is 8.93. The van der Waals surface area contributed by atoms with Crippen molar-refractivity contribution >= 4 is 15.8 Å². The molecule has 0 unspecified atom stereocenters. The van der Waals surface area contributed by atoms with Crippen LogP contribution >= 0.6 is 0 Å². The van der Waals surface area contributed by atoms with Gasteiger partial charge in [0.15, 0.2) is 0 Å². The van der Waals surface area contributed by atoms with E-state index in [1.807, 2.05) is 0 Å². The van der Waals surface area contributed by atoms with E-state index in [4.69, 9.17) is 9.84 Å². The van der Waals surface area contributed by atoms with Crippen molar-refractivity contribution < 1.29 is 23.1 Å². The van der Waals surface area contributed by atoms with Crippen LogP contribution in [-0.4, -0.2) is 37.6 Å². The number of benzene rings is 1. The zero-order valence-corrected chi connectivity index (χ0v) is 11.6. The van der Waals surface area contributed by atoms with Crippen LogP contribution in [0.3, 0.4) is 0 Å². The molecule has 1 N–H and O–H groups in total. The molecule has 0 aliphatic heterocycles. The van der Waals surface area contributed by atoms with Gasteiger partial charge in [-0.25, -0.2) is 8.42 Å². The summed E-state index contributed by atoms with van der Waals surface area (Å²) in [6.45, 7) is 1.95. The third-order valence-electron chi connectivity index (χ3n) is 2.59. The average Bonchev–Trinajstić information content (AvgIpc) is 2.36. The number of carboxylic acid groups (broad SMARTS) is 1. The van der Waals surface area contributed by atoms with Crippen LogP contribution in [0.5, 0.6) is 5.75 Å². The summed E-state index contributed by atoms with van der Waals surface area (Å²) in [4.78, 5) is 10.5. The molecule has 6 heteroatoms. The quantitative estimate of drug-likeness (QED) is 0.733. The molecule has 1 rings (SSSR count). The summed E-state index contributed by atoms with van der Waals surface area (Å²) in [5.74, 6) is 0.0128. The smallest absolute Gasteiger partial charge is 0.307 e. The van der Waals surface area contributed by atoms with E-state index in [1.165, 1.54) is 0 Å². The Balaban J connectivity index is 2.36. The second kappa shape index (κ2) is 7.13. The van der Waals surface area contributed by atoms with Crippen LogP contribution in [0.15, 0.2) is 24.3 Å². The van der Waals surface area contributed by atoms with Crippen molar-refractivity contribution in [2.75, 3.05) is 18.1 Å². The minimum Gasteiger partial charge on any atom is -0.494 e. The summed E-state index contributed by atoms with van der Waals surface area (Å²) in [5.41, 5.74) is 0.702. The maximum atomic E-state index is 11.2. The third-order valence-corrected chi connectivity index (χ3v) is 4.38. The molecule has 0 fully saturated rings. The van der Waals surface area contributed by atoms with Crippen molar-refractivity contribution in [1.82, 2.24) is 0 Å². The van der Waals surface area contributed by atoms with Crippen molar-refractivity contribution in [2.24, 2.45) is 0 Å². The highest BCUT2D eigenvalue weighted by atomic mass is 32.2. The molecule has 0 aromatic heterocycles. The summed E-state index contributed by atoms with van der Waals surface area (Å²) in [6.07, 6.45) is 0.433. The van der Waals surface area contributed by atoms with Crippen LogP contribution in [0, 0.1) is 0 Å². The van der Waals surface area contributed by atoms with Crippen molar-refractivity contribution in [3.05, 3.63) is 29.8 Å². The highest BCUT2D eigenvalue weighted by molar-refractivity contribution is 7.91. The number of ether oxygens (including phenoxy) is 1. The molecule has 0 bridgehead atoms. The second-order valence-electron chi connectivity index (χ2n) is 4.15. The fourth-order valence-corrected chi connectivity index (χ4v) is 2.34. The molecule has 0 aliphatic rings. The van der Waals surface area contributed by atoms with Crippen LogP contribution in [-0.2, 0) is 21.1 Å². The molecular weight excluding hydrogens is 268 g/mol. The molecular formula is C13H18O5S. The van der Waals surface area contributed by atoms with Gasteiger partial charge >= 0.3 is 5.97 Å². The van der Waals surface area contributed by atoms with Crippen LogP contribution in [0.2, 0.25) is 0 Å². The van der Waals surface area contributed by atoms with E-state index in [2.05, 4.69) is 0 Å². The van der Waals surface area contributed by atoms with E-state index < -0.39 is 15.8 Å². The summed E-state index contributed by atoms with van der Waals surface area (Å²) in [7, 11) is -2.94. The Morgan fingerprint density at radius 3 is 2.42 bits per heavy atom. The Morgan fingerprint density at radius 1 is 1.26 bits per heavy atom. The lowest BCUT2D eigenvalue weighted by Crippen LogP contribution is -2.11. The summed E-state index contributed by atoms with van der Waals surface area (Å²) in [6, 6.07) is 6.75. The summed E-state index contributed by atoms with van der Waals surface area (Å²) < 4.78 is 27.9. The molecule has 0 heterocycles. The topological polar surface area (TPSA) is 80.7 Å². The van der Waals surface area contributed by atoms with Crippen LogP contribution in [0.25, 0.3) is 0 Å². The molecule has 0 spiro atoms. The first-order valence-electron chi connectivity index (χ1n) is 6.07. The van der Waals surface area contributed by atoms with E-state index in [1.54, 1.807) is 31.2 Å². The van der Waals surface area contributed by atoms with Crippen LogP contribution in [0.1, 0.15) is 18.9 Å². The fourth-order valence-electron chi connectivity index (χ4n) is 1.49. The summed E-state index contributed by atoms with van der Waals surface area (Å²) >= 11 is 0. The molecule has 106 valence electrons. The van der Waals surface area contributed by atoms with E-state index >= 15 is 0 Å². The third kappa shape index (κ3) is 6.24. The number of carbonyl (C=O) groups is 1. The number of aliphatic carboxylic acids is 1. The lowest BCUT2D eigenvalue weighted by Gasteiger charge is -2.06. The van der Waals surface area contributed by atoms with E-state index in [9.17, 15) is 13.2 Å². The maximum absolute atomic E-state index is 11.2. The highest BCUT2D eigenvalue weighted by Gasteiger charge is 2.06. The number of hydrogen-bond donors (Lipinski definition) is 1. The Hall–Kier alpha value is -1.56. The minimum absolute atomic E-state index is 0.0188. The van der Waals surface area contributed by atoms with Gasteiger partial charge in [0.1, 0.15) is 15.6 Å². The van der Waals surface area contributed by atoms with E-state index in [-0.39, 0.29) is 17.9 Å². The van der Waals surface area contributed by atoms with Gasteiger partial charge in [-0.3, -0.25) is 4.79 Å². The molecule has 0 radical (unpaired) electrons. The monoisotopic (exact) mass is 286 g/mol. The average molecular weight is 286 g/mol. The highest BCUT2D eigenvalue weighted by Crippen LogP contribution is 2.13. The summed E-state index contributed by atoms with van der Waals surface area (Å²) in [5, 5.41) is 8.62. The minimum atomic E-state index is -2.94. The van der Waals surface area contributed by atoms with E-state index in [0.717, 1.165) is 0 Å². The van der Waals surface area contributed by atoms with Gasteiger partial charge in [-0.1, -0.05) is 19.1 Å². The lowest BCUT2D eigenvalue weighted by atomic mass is 10.1. The Labute approximate surface area is 113 Å². The first-order valence-corrected chi connectivity index (χ1v) is 7.89. The van der Waals surface area contributed by atoms with Gasteiger partial charge in [0, 0.05) is 5.75 Å². The number of sulfone groups is 1. The maximum Gasteiger partial charge on any atom is 0.307 e. The SMILES string of the molecule is CCS(=O)(=O)CCCOc1ccc(CC(=O)O)cc1. The normalized spacial score (nSPS) is 11.2. The van der Waals surface area contributed by atoms with Crippen molar-refractivity contribution in [2.45, 2.75) is 19.8 Å². The molecule has 0 saturated heterocycles. The van der Waals surface area contributed by atoms with Crippen molar-refractivity contribution in [3.63, 3.8) is 0 Å². The Kier molecular flexibility index (Phi) is 5.82. The first kappa shape index (κ1) is 15.5. The van der Waals surface area contributed by atoms with Gasteiger partial charge in [-0.2, -0.15) is 0 Å². The Bertz CT molecular complexity index is 504. The zero-order chi connectivity index (χ0) is 14.3. The standard InChI is InChI=1S/C13H18O5S/c1-2-19(16,17)9-3-8-18-12-6-4-11(5-7-12)10-13(14)15/h4-7H,2-3,8-10H2,1H3,(H,14,15). The van der Waals surface area contributed by atoms with Crippen molar-refractivity contribution in [1.29, 1.82) is 0 Å². The molecule has 5 nitrogen and oxygen atoms in total. The zero-order valence-electron chi connectivity index (χ0n) is 10.8. The fraction of sp³-hybridized carbons (Fsp3) is 0.462. The van der Waals surface area contributed by atoms with Gasteiger partial charge < -0.3 is 9.84 Å². The number of rotatable bonds is 8. The van der Waals surface area contributed by atoms with Gasteiger partial charge in [-0.15, -0.1) is 0 Å². The molecule has 1 aromatic carbocycles. The van der Waals surface area contributed by atoms with Crippen molar-refractivity contribution in [3.8, 4) is 5.75 Å². The predicted octanol–water partition coefficient (Wildman–Crippen LogP) is 1.52. The lowest BCUT2D eigenvalue weighted by molar-refractivity contribution is -0.136. The van der Waals surface area contributed by atoms with Gasteiger partial charge in [0.25, 0.3) is 0 Å². The van der Waals surface area contributed by atoms with Crippen LogP contribution < -0.4 is 4.74 Å². The molecule has 0 aliphatic carbocycles. The Morgan fingerprint density at radius 2 is 1.89 bits per heavy atom. The number of carboxylic acids is 1. The molecule has 19 heavy (non-hydrogen) atoms. The van der Waals surface area contributed by atoms with Gasteiger partial charge in [0.05, 0.1) is 18.8 Å². The molecule has 0 amide bonds. The van der Waals surface area contributed by atoms with E-state index in [0.29, 0.717) is 24.3 Å². The number of hydrogen-bond acceptors (Lipinski definition) is 4. The van der Waals surface area contributed by atoms with Gasteiger partial charge in [-0.05, 0) is 24.1 Å². The predicted molar refractivity (Wildman–Crippen MR) is 72.2 cm³/mol. The molecule has 0 atom stereocenters. The van der Waals surface area contributed by atoms with Crippen LogP contribution in [0.4, 0.5) is 0 Å². The molecule has 1 aromatic rings. The van der Waals surface area contributed by atoms with Gasteiger partial charge in [0.2, 0.25) is 0 Å². The largest absolute Gasteiger partial charge is 0.494 e. The molecule has 0 saturated carbocycles. The second-order valence-corrected chi connectivity index (χ2v) is 6.63.